The Kier molecular flexibility index (Phi) is 3.87. The number of Topliss-reactive ketones (excluding diaryl/α,β-unsaturated/α-hetero) is 2. The standard InChI is InChI=1S/C9H13F4NO2/c1-7(2,3)5(15)4-6(16)8(10,11)9(12,13)14/h4,14H2,1-3H3. The van der Waals surface area contributed by atoms with Crippen LogP contribution in [0.3, 0.4) is 0 Å². The van der Waals surface area contributed by atoms with Gasteiger partial charge in [0, 0.05) is 5.41 Å². The Morgan fingerprint density at radius 3 is 1.62 bits per heavy atom. The molecule has 3 nitrogen and oxygen atoms in total. The van der Waals surface area contributed by atoms with Gasteiger partial charge in [0.25, 0.3) is 0 Å². The van der Waals surface area contributed by atoms with Gasteiger partial charge in [-0.05, 0) is 0 Å². The highest BCUT2D eigenvalue weighted by molar-refractivity contribution is 6.04. The van der Waals surface area contributed by atoms with E-state index in [9.17, 15) is 27.2 Å². The summed E-state index contributed by atoms with van der Waals surface area (Å²) in [5, 5.41) is 0. The topological polar surface area (TPSA) is 60.2 Å². The van der Waals surface area contributed by atoms with Crippen molar-refractivity contribution in [2.24, 2.45) is 11.1 Å². The van der Waals surface area contributed by atoms with Crippen molar-refractivity contribution in [2.45, 2.75) is 39.2 Å². The van der Waals surface area contributed by atoms with Crippen LogP contribution in [0.5, 0.6) is 0 Å². The molecule has 0 aliphatic heterocycles. The summed E-state index contributed by atoms with van der Waals surface area (Å²) in [4.78, 5) is 22.0. The molecule has 0 saturated heterocycles. The molecule has 0 fully saturated rings. The molecule has 0 heterocycles. The van der Waals surface area contributed by atoms with Crippen molar-refractivity contribution in [2.75, 3.05) is 0 Å². The van der Waals surface area contributed by atoms with Crippen molar-refractivity contribution in [3.8, 4) is 0 Å². The van der Waals surface area contributed by atoms with Crippen molar-refractivity contribution >= 4 is 11.6 Å². The second kappa shape index (κ2) is 4.12. The predicted molar refractivity (Wildman–Crippen MR) is 48.2 cm³/mol. The summed E-state index contributed by atoms with van der Waals surface area (Å²) in [7, 11) is 0. The molecule has 0 unspecified atom stereocenters. The van der Waals surface area contributed by atoms with E-state index in [4.69, 9.17) is 0 Å². The van der Waals surface area contributed by atoms with Crippen LogP contribution in [0, 0.1) is 5.41 Å². The van der Waals surface area contributed by atoms with Gasteiger partial charge in [-0.2, -0.15) is 17.6 Å². The van der Waals surface area contributed by atoms with Gasteiger partial charge in [0.05, 0.1) is 6.42 Å². The van der Waals surface area contributed by atoms with Gasteiger partial charge < -0.3 is 0 Å². The van der Waals surface area contributed by atoms with E-state index in [-0.39, 0.29) is 0 Å². The average molecular weight is 243 g/mol. The largest absolute Gasteiger partial charge is 0.381 e. The molecule has 0 aromatic heterocycles. The second-order valence-electron chi connectivity index (χ2n) is 4.47. The van der Waals surface area contributed by atoms with Gasteiger partial charge in [-0.15, -0.1) is 0 Å². The molecule has 0 aromatic rings. The summed E-state index contributed by atoms with van der Waals surface area (Å²) in [6, 6.07) is -4.96. The molecular formula is C9H13F4NO2. The third kappa shape index (κ3) is 3.26. The minimum absolute atomic E-state index is 0.846. The zero-order valence-corrected chi connectivity index (χ0v) is 9.11. The Morgan fingerprint density at radius 2 is 1.38 bits per heavy atom. The molecule has 0 radical (unpaired) electrons. The molecule has 0 aliphatic carbocycles. The molecule has 0 aliphatic rings. The molecule has 0 atom stereocenters. The van der Waals surface area contributed by atoms with Crippen molar-refractivity contribution in [1.29, 1.82) is 0 Å². The van der Waals surface area contributed by atoms with Crippen LogP contribution in [-0.4, -0.2) is 23.5 Å². The minimum atomic E-state index is -5.02. The number of rotatable bonds is 4. The fraction of sp³-hybridized carbons (Fsp3) is 0.778. The highest BCUT2D eigenvalue weighted by Crippen LogP contribution is 2.32. The van der Waals surface area contributed by atoms with E-state index in [0.717, 1.165) is 0 Å². The summed E-state index contributed by atoms with van der Waals surface area (Å²) in [6.45, 7) is 4.17. The van der Waals surface area contributed by atoms with Crippen LogP contribution in [0.2, 0.25) is 0 Å². The first kappa shape index (κ1) is 15.0. The fourth-order valence-corrected chi connectivity index (χ4v) is 0.708. The zero-order valence-electron chi connectivity index (χ0n) is 9.11. The zero-order chi connectivity index (χ0) is 13.4. The van der Waals surface area contributed by atoms with Crippen LogP contribution in [-0.2, 0) is 9.59 Å². The lowest BCUT2D eigenvalue weighted by molar-refractivity contribution is -0.205. The highest BCUT2D eigenvalue weighted by Gasteiger charge is 2.59. The van der Waals surface area contributed by atoms with Crippen LogP contribution >= 0.6 is 0 Å². The monoisotopic (exact) mass is 243 g/mol. The highest BCUT2D eigenvalue weighted by atomic mass is 19.3. The van der Waals surface area contributed by atoms with Crippen molar-refractivity contribution < 1.29 is 27.2 Å². The van der Waals surface area contributed by atoms with Crippen LogP contribution in [0.1, 0.15) is 27.2 Å². The molecule has 0 aromatic carbocycles. The van der Waals surface area contributed by atoms with Crippen molar-refractivity contribution in [3.05, 3.63) is 0 Å². The number of ketones is 2. The lowest BCUT2D eigenvalue weighted by Crippen LogP contribution is -2.54. The first-order valence-electron chi connectivity index (χ1n) is 4.41. The molecule has 16 heavy (non-hydrogen) atoms. The summed E-state index contributed by atoms with van der Waals surface area (Å²) in [5.41, 5.74) is 2.84. The Bertz CT molecular complexity index is 302. The smallest absolute Gasteiger partial charge is 0.299 e. The quantitative estimate of drug-likeness (QED) is 0.465. The number of halogens is 4. The number of carbonyl (C=O) groups is 2. The SMILES string of the molecule is CC(C)(C)C(=O)CC(=O)C(F)(F)C(N)(F)F. The van der Waals surface area contributed by atoms with E-state index in [1.807, 2.05) is 0 Å². The summed E-state index contributed by atoms with van der Waals surface area (Å²) >= 11 is 0. The fourth-order valence-electron chi connectivity index (χ4n) is 0.708. The van der Waals surface area contributed by atoms with E-state index >= 15 is 0 Å². The lowest BCUT2D eigenvalue weighted by Gasteiger charge is -2.22. The van der Waals surface area contributed by atoms with Gasteiger partial charge in [0.15, 0.2) is 0 Å². The van der Waals surface area contributed by atoms with E-state index in [0.29, 0.717) is 0 Å². The van der Waals surface area contributed by atoms with E-state index < -0.39 is 35.4 Å². The molecule has 0 amide bonds. The summed E-state index contributed by atoms with van der Waals surface area (Å²) in [6.07, 6.45) is -1.26. The molecule has 0 saturated carbocycles. The van der Waals surface area contributed by atoms with Gasteiger partial charge in [-0.25, -0.2) is 0 Å². The number of nitrogens with two attached hydrogens (primary N) is 1. The third-order valence-corrected chi connectivity index (χ3v) is 1.93. The van der Waals surface area contributed by atoms with Crippen LogP contribution < -0.4 is 5.73 Å². The molecule has 0 rings (SSSR count). The number of carbonyl (C=O) groups excluding carboxylic acids is 2. The Hall–Kier alpha value is -0.980. The molecule has 2 N–H and O–H groups in total. The Balaban J connectivity index is 4.80. The number of hydrogen-bond acceptors (Lipinski definition) is 3. The van der Waals surface area contributed by atoms with Crippen LogP contribution in [0.25, 0.3) is 0 Å². The Morgan fingerprint density at radius 1 is 1.00 bits per heavy atom. The third-order valence-electron chi connectivity index (χ3n) is 1.93. The maximum atomic E-state index is 12.7. The average Bonchev–Trinajstić information content (AvgIpc) is 1.99. The van der Waals surface area contributed by atoms with E-state index in [1.165, 1.54) is 20.8 Å². The van der Waals surface area contributed by atoms with Gasteiger partial charge in [0.2, 0.25) is 5.78 Å². The molecular weight excluding hydrogens is 230 g/mol. The van der Waals surface area contributed by atoms with Gasteiger partial charge >= 0.3 is 12.0 Å². The second-order valence-corrected chi connectivity index (χ2v) is 4.47. The molecule has 0 bridgehead atoms. The van der Waals surface area contributed by atoms with Gasteiger partial charge in [-0.1, -0.05) is 20.8 Å². The summed E-state index contributed by atoms with van der Waals surface area (Å²) < 4.78 is 49.8. The van der Waals surface area contributed by atoms with Crippen LogP contribution in [0.15, 0.2) is 0 Å². The Labute approximate surface area is 90.0 Å². The molecule has 7 heteroatoms. The number of alkyl halides is 4. The van der Waals surface area contributed by atoms with E-state index in [1.54, 1.807) is 0 Å². The van der Waals surface area contributed by atoms with E-state index in [2.05, 4.69) is 5.73 Å². The maximum Gasteiger partial charge on any atom is 0.381 e. The van der Waals surface area contributed by atoms with Crippen LogP contribution in [0.4, 0.5) is 17.6 Å². The minimum Gasteiger partial charge on any atom is -0.299 e. The van der Waals surface area contributed by atoms with Crippen molar-refractivity contribution in [3.63, 3.8) is 0 Å². The molecule has 94 valence electrons. The van der Waals surface area contributed by atoms with Gasteiger partial charge in [-0.3, -0.25) is 15.3 Å². The maximum absolute atomic E-state index is 12.7. The predicted octanol–water partition coefficient (Wildman–Crippen LogP) is 1.75. The normalized spacial score (nSPS) is 13.8. The first-order chi connectivity index (χ1) is 6.80. The lowest BCUT2D eigenvalue weighted by atomic mass is 9.87. The summed E-state index contributed by atoms with van der Waals surface area (Å²) in [5.74, 6) is -8.03. The number of hydrogen-bond donors (Lipinski definition) is 1. The molecule has 0 spiro atoms. The van der Waals surface area contributed by atoms with Crippen molar-refractivity contribution in [1.82, 2.24) is 0 Å². The van der Waals surface area contributed by atoms with Gasteiger partial charge in [0.1, 0.15) is 5.78 Å². The first-order valence-corrected chi connectivity index (χ1v) is 4.41.